The van der Waals surface area contributed by atoms with Crippen molar-refractivity contribution in [2.75, 3.05) is 23.8 Å². The Hall–Kier alpha value is -5.40. The molecular formula is C27H29N9O4. The molecule has 40 heavy (non-hydrogen) atoms. The molecule has 0 aliphatic rings. The highest BCUT2D eigenvalue weighted by atomic mass is 16.2. The molecule has 0 unspecified atom stereocenters. The number of aromatic amines is 1. The van der Waals surface area contributed by atoms with Gasteiger partial charge in [0.25, 0.3) is 5.91 Å². The second-order valence-electron chi connectivity index (χ2n) is 8.42. The lowest BCUT2D eigenvalue weighted by molar-refractivity contribution is -0.119. The number of hydrogen-bond donors (Lipinski definition) is 4. The highest BCUT2D eigenvalue weighted by molar-refractivity contribution is 6.01. The number of H-pyrrole nitrogens is 1. The number of fused-ring (bicyclic) bond motifs is 1. The molecule has 206 valence electrons. The first-order valence-electron chi connectivity index (χ1n) is 11.9. The van der Waals surface area contributed by atoms with Gasteiger partial charge in [-0.1, -0.05) is 18.2 Å². The average molecular weight is 544 g/mol. The molecule has 3 aromatic heterocycles. The number of primary amides is 1. The molecule has 13 heteroatoms. The second-order valence-corrected chi connectivity index (χ2v) is 8.42. The van der Waals surface area contributed by atoms with Crippen molar-refractivity contribution in [1.82, 2.24) is 30.2 Å². The minimum Gasteiger partial charge on any atom is -0.412 e. The Bertz CT molecular complexity index is 1540. The van der Waals surface area contributed by atoms with Crippen LogP contribution in [0.4, 0.5) is 17.6 Å². The number of carbonyl (C=O) groups excluding carboxylic acids is 2. The standard InChI is InChI=1S/C27H25N9O2.2H2O/c1-29-26-30-13-10-21(35-26)22-15-18-14-17(8-9-20(18)33-22)25(38)34-23(24(28)37)16-36(19-6-3-2-4-7-19)27-31-11-5-12-32-27;;/h2-15,23,33H,16H2,1H3,(H2,28,37)(H,34,38)(H,29,30,35);2*1H2/t23-;;/m0../s1. The Kier molecular flexibility index (Phi) is 9.41. The highest BCUT2D eigenvalue weighted by Crippen LogP contribution is 2.25. The number of nitrogens with one attached hydrogen (secondary N) is 3. The number of para-hydroxylation sites is 1. The molecule has 2 aromatic carbocycles. The van der Waals surface area contributed by atoms with Crippen molar-refractivity contribution >= 4 is 40.3 Å². The van der Waals surface area contributed by atoms with E-state index in [2.05, 4.69) is 35.6 Å². The van der Waals surface area contributed by atoms with E-state index in [1.165, 1.54) is 0 Å². The first-order chi connectivity index (χ1) is 18.5. The van der Waals surface area contributed by atoms with Gasteiger partial charge in [-0.05, 0) is 48.5 Å². The van der Waals surface area contributed by atoms with Crippen molar-refractivity contribution in [3.8, 4) is 11.4 Å². The van der Waals surface area contributed by atoms with E-state index >= 15 is 0 Å². The number of amides is 2. The Balaban J connectivity index is 0.00000220. The van der Waals surface area contributed by atoms with Gasteiger partial charge in [0.2, 0.25) is 17.8 Å². The topological polar surface area (TPSA) is 218 Å². The van der Waals surface area contributed by atoms with E-state index in [0.717, 1.165) is 22.3 Å². The fraction of sp³-hybridized carbons (Fsp3) is 0.111. The number of aromatic nitrogens is 5. The van der Waals surface area contributed by atoms with Gasteiger partial charge in [0.1, 0.15) is 6.04 Å². The SMILES string of the molecule is CNc1nccc(-c2cc3cc(C(=O)N[C@@H](CN(c4ccccc4)c4ncccn4)C(N)=O)ccc3[nH]2)n1.O.O. The molecule has 0 bridgehead atoms. The van der Waals surface area contributed by atoms with Crippen LogP contribution in [0.25, 0.3) is 22.3 Å². The zero-order valence-corrected chi connectivity index (χ0v) is 21.5. The molecule has 0 saturated heterocycles. The summed E-state index contributed by atoms with van der Waals surface area (Å²) < 4.78 is 0. The number of hydrogen-bond acceptors (Lipinski definition) is 8. The molecule has 5 aromatic rings. The quantitative estimate of drug-likeness (QED) is 0.211. The maximum absolute atomic E-state index is 13.2. The third kappa shape index (κ3) is 6.35. The average Bonchev–Trinajstić information content (AvgIpc) is 3.39. The Morgan fingerprint density at radius 1 is 0.950 bits per heavy atom. The van der Waals surface area contributed by atoms with E-state index in [-0.39, 0.29) is 17.5 Å². The summed E-state index contributed by atoms with van der Waals surface area (Å²) in [5.41, 5.74) is 9.18. The molecule has 2 amide bonds. The van der Waals surface area contributed by atoms with Gasteiger partial charge in [0.05, 0.1) is 17.9 Å². The van der Waals surface area contributed by atoms with E-state index in [0.29, 0.717) is 23.2 Å². The smallest absolute Gasteiger partial charge is 0.252 e. The summed E-state index contributed by atoms with van der Waals surface area (Å²) in [6.45, 7) is 0.0488. The number of rotatable bonds is 9. The monoisotopic (exact) mass is 543 g/mol. The van der Waals surface area contributed by atoms with Crippen LogP contribution in [0.3, 0.4) is 0 Å². The molecule has 5 rings (SSSR count). The van der Waals surface area contributed by atoms with Gasteiger partial charge in [0.15, 0.2) is 0 Å². The minimum absolute atomic E-state index is 0. The van der Waals surface area contributed by atoms with Crippen LogP contribution < -0.4 is 21.3 Å². The van der Waals surface area contributed by atoms with Crippen LogP contribution in [0.2, 0.25) is 0 Å². The van der Waals surface area contributed by atoms with E-state index in [1.807, 2.05) is 36.4 Å². The lowest BCUT2D eigenvalue weighted by Crippen LogP contribution is -2.50. The fourth-order valence-electron chi connectivity index (χ4n) is 4.01. The largest absolute Gasteiger partial charge is 0.412 e. The number of nitrogens with zero attached hydrogens (tertiary/aromatic N) is 5. The van der Waals surface area contributed by atoms with Gasteiger partial charge in [-0.2, -0.15) is 0 Å². The molecule has 9 N–H and O–H groups in total. The summed E-state index contributed by atoms with van der Waals surface area (Å²) in [6.07, 6.45) is 4.89. The number of anilines is 3. The molecule has 0 spiro atoms. The molecule has 0 fully saturated rings. The van der Waals surface area contributed by atoms with Crippen LogP contribution in [-0.2, 0) is 4.79 Å². The van der Waals surface area contributed by atoms with E-state index < -0.39 is 17.9 Å². The minimum atomic E-state index is -1.01. The van der Waals surface area contributed by atoms with E-state index in [9.17, 15) is 9.59 Å². The molecule has 13 nitrogen and oxygen atoms in total. The number of benzene rings is 2. The lowest BCUT2D eigenvalue weighted by atomic mass is 10.1. The van der Waals surface area contributed by atoms with Crippen molar-refractivity contribution in [3.05, 3.63) is 90.9 Å². The van der Waals surface area contributed by atoms with Crippen LogP contribution in [-0.4, -0.2) is 67.3 Å². The van der Waals surface area contributed by atoms with Crippen LogP contribution in [0.1, 0.15) is 10.4 Å². The zero-order chi connectivity index (χ0) is 26.5. The first-order valence-corrected chi connectivity index (χ1v) is 11.9. The molecule has 0 saturated carbocycles. The predicted octanol–water partition coefficient (Wildman–Crippen LogP) is 1.23. The van der Waals surface area contributed by atoms with Gasteiger partial charge in [-0.15, -0.1) is 0 Å². The van der Waals surface area contributed by atoms with Crippen molar-refractivity contribution in [2.24, 2.45) is 5.73 Å². The Morgan fingerprint density at radius 2 is 1.70 bits per heavy atom. The van der Waals surface area contributed by atoms with Gasteiger partial charge >= 0.3 is 0 Å². The highest BCUT2D eigenvalue weighted by Gasteiger charge is 2.25. The van der Waals surface area contributed by atoms with Crippen molar-refractivity contribution in [1.29, 1.82) is 0 Å². The second kappa shape index (κ2) is 12.9. The first kappa shape index (κ1) is 29.2. The molecule has 0 aliphatic heterocycles. The molecule has 0 radical (unpaired) electrons. The summed E-state index contributed by atoms with van der Waals surface area (Å²) in [4.78, 5) is 47.9. The van der Waals surface area contributed by atoms with E-state index in [1.54, 1.807) is 60.9 Å². The van der Waals surface area contributed by atoms with Gasteiger partial charge in [-0.3, -0.25) is 9.59 Å². The Labute approximate surface area is 229 Å². The van der Waals surface area contributed by atoms with Crippen LogP contribution in [0.5, 0.6) is 0 Å². The lowest BCUT2D eigenvalue weighted by Gasteiger charge is -2.26. The zero-order valence-electron chi connectivity index (χ0n) is 21.5. The summed E-state index contributed by atoms with van der Waals surface area (Å²) in [5.74, 6) is -0.222. The number of carbonyl (C=O) groups is 2. The Morgan fingerprint density at radius 3 is 2.40 bits per heavy atom. The van der Waals surface area contributed by atoms with E-state index in [4.69, 9.17) is 5.73 Å². The number of nitrogens with two attached hydrogens (primary N) is 1. The summed E-state index contributed by atoms with van der Waals surface area (Å²) in [6, 6.07) is 19.0. The maximum atomic E-state index is 13.2. The van der Waals surface area contributed by atoms with Crippen LogP contribution in [0.15, 0.2) is 85.3 Å². The third-order valence-corrected chi connectivity index (χ3v) is 5.91. The maximum Gasteiger partial charge on any atom is 0.252 e. The van der Waals surface area contributed by atoms with Crippen LogP contribution in [0, 0.1) is 0 Å². The predicted molar refractivity (Wildman–Crippen MR) is 152 cm³/mol. The fourth-order valence-corrected chi connectivity index (χ4v) is 4.01. The summed E-state index contributed by atoms with van der Waals surface area (Å²) in [7, 11) is 1.75. The van der Waals surface area contributed by atoms with Crippen molar-refractivity contribution in [2.45, 2.75) is 6.04 Å². The normalized spacial score (nSPS) is 11.0. The third-order valence-electron chi connectivity index (χ3n) is 5.91. The molecular weight excluding hydrogens is 514 g/mol. The summed E-state index contributed by atoms with van der Waals surface area (Å²) >= 11 is 0. The molecule has 1 atom stereocenters. The van der Waals surface area contributed by atoms with Crippen molar-refractivity contribution in [3.63, 3.8) is 0 Å². The van der Waals surface area contributed by atoms with Crippen molar-refractivity contribution < 1.29 is 20.5 Å². The summed E-state index contributed by atoms with van der Waals surface area (Å²) in [5, 5.41) is 6.51. The molecule has 0 aliphatic carbocycles. The van der Waals surface area contributed by atoms with Gasteiger partial charge in [0, 0.05) is 47.8 Å². The molecule has 3 heterocycles. The van der Waals surface area contributed by atoms with Gasteiger partial charge < -0.3 is 37.2 Å². The van der Waals surface area contributed by atoms with Gasteiger partial charge in [-0.25, -0.2) is 19.9 Å². The van der Waals surface area contributed by atoms with Crippen LogP contribution >= 0.6 is 0 Å².